The number of benzene rings is 2. The molecule has 9 nitrogen and oxygen atoms in total. The van der Waals surface area contributed by atoms with E-state index in [1.54, 1.807) is 0 Å². The molecule has 1 aliphatic heterocycles. The summed E-state index contributed by atoms with van der Waals surface area (Å²) in [5.41, 5.74) is 2.12. The summed E-state index contributed by atoms with van der Waals surface area (Å²) in [5.74, 6) is -1.83. The monoisotopic (exact) mass is 453 g/mol. The summed E-state index contributed by atoms with van der Waals surface area (Å²) < 4.78 is 13.2. The van der Waals surface area contributed by atoms with Crippen LogP contribution in [-0.2, 0) is 14.3 Å². The molecule has 0 amide bonds. The highest BCUT2D eigenvalue weighted by Gasteiger charge is 2.11. The van der Waals surface area contributed by atoms with Gasteiger partial charge in [-0.05, 0) is 29.8 Å². The third kappa shape index (κ3) is 7.44. The fraction of sp³-hybridized carbons (Fsp3) is 0.292. The van der Waals surface area contributed by atoms with E-state index in [4.69, 9.17) is 19.7 Å². The Labute approximate surface area is 191 Å². The summed E-state index contributed by atoms with van der Waals surface area (Å²) in [6, 6.07) is 16.7. The number of carbonyl (C=O) groups is 2. The van der Waals surface area contributed by atoms with Crippen LogP contribution >= 0.6 is 0 Å². The van der Waals surface area contributed by atoms with Crippen molar-refractivity contribution in [3.8, 4) is 11.6 Å². The lowest BCUT2D eigenvalue weighted by molar-refractivity contribution is -0.134. The van der Waals surface area contributed by atoms with Gasteiger partial charge in [0.15, 0.2) is 0 Å². The van der Waals surface area contributed by atoms with Crippen molar-refractivity contribution >= 4 is 22.7 Å². The largest absolute Gasteiger partial charge is 0.478 e. The summed E-state index contributed by atoms with van der Waals surface area (Å²) >= 11 is 0. The van der Waals surface area contributed by atoms with Crippen LogP contribution in [-0.4, -0.2) is 76.3 Å². The third-order valence-electron chi connectivity index (χ3n) is 4.97. The topological polar surface area (TPSA) is 114 Å². The number of fused-ring (bicyclic) bond motifs is 1. The van der Waals surface area contributed by atoms with Crippen LogP contribution < -0.4 is 4.74 Å². The summed E-state index contributed by atoms with van der Waals surface area (Å²) in [6.07, 6.45) is 1.12. The molecule has 0 radical (unpaired) electrons. The smallest absolute Gasteiger partial charge is 0.328 e. The molecule has 3 aromatic rings. The zero-order valence-electron chi connectivity index (χ0n) is 18.4. The first-order chi connectivity index (χ1) is 15.9. The van der Waals surface area contributed by atoms with Crippen LogP contribution in [0.15, 0.2) is 60.7 Å². The number of rotatable bonds is 7. The molecule has 1 aliphatic rings. The Balaban J connectivity index is 0.000000331. The lowest BCUT2D eigenvalue weighted by atomic mass is 10.1. The lowest BCUT2D eigenvalue weighted by Gasteiger charge is -2.26. The van der Waals surface area contributed by atoms with Crippen molar-refractivity contribution in [2.24, 2.45) is 0 Å². The van der Waals surface area contributed by atoms with Crippen LogP contribution in [0.25, 0.3) is 16.5 Å². The van der Waals surface area contributed by atoms with Gasteiger partial charge in [0.05, 0.1) is 18.9 Å². The second-order valence-corrected chi connectivity index (χ2v) is 7.38. The standard InChI is InChI=1S/C20H23N3O2.C4H4O4/c1-16-14-20(25-13-10-22-8-11-24-12-9-22)21-23(16)19-7-6-17-4-2-3-5-18(17)15-19;5-3(6)1-2-4(7)8/h2-7,14-15H,8-13H2,1H3;1-2H,(H,5,6)(H,7,8)/b;2-1+. The Morgan fingerprint density at radius 1 is 1.03 bits per heavy atom. The van der Waals surface area contributed by atoms with Crippen LogP contribution in [0.4, 0.5) is 0 Å². The summed E-state index contributed by atoms with van der Waals surface area (Å²) in [5, 5.41) is 22.7. The molecule has 2 N–H and O–H groups in total. The molecule has 33 heavy (non-hydrogen) atoms. The zero-order valence-corrected chi connectivity index (χ0v) is 18.4. The summed E-state index contributed by atoms with van der Waals surface area (Å²) in [7, 11) is 0. The average molecular weight is 453 g/mol. The van der Waals surface area contributed by atoms with E-state index >= 15 is 0 Å². The molecule has 1 saturated heterocycles. The van der Waals surface area contributed by atoms with Gasteiger partial charge in [-0.2, -0.15) is 0 Å². The predicted octanol–water partition coefficient (Wildman–Crippen LogP) is 2.76. The number of morpholine rings is 1. The van der Waals surface area contributed by atoms with E-state index in [9.17, 15) is 9.59 Å². The molecule has 0 unspecified atom stereocenters. The Morgan fingerprint density at radius 2 is 1.70 bits per heavy atom. The second-order valence-electron chi connectivity index (χ2n) is 7.38. The molecule has 1 aromatic heterocycles. The molecule has 1 fully saturated rings. The SMILES string of the molecule is Cc1cc(OCCN2CCOCC2)nn1-c1ccc2ccccc2c1.O=C(O)/C=C/C(=O)O. The highest BCUT2D eigenvalue weighted by molar-refractivity contribution is 5.89. The number of carboxylic acids is 2. The summed E-state index contributed by atoms with van der Waals surface area (Å²) in [4.78, 5) is 21.5. The van der Waals surface area contributed by atoms with E-state index in [1.165, 1.54) is 10.8 Å². The average Bonchev–Trinajstić information content (AvgIpc) is 3.19. The van der Waals surface area contributed by atoms with E-state index in [-0.39, 0.29) is 0 Å². The van der Waals surface area contributed by atoms with Crippen LogP contribution in [0.2, 0.25) is 0 Å². The Kier molecular flexibility index (Phi) is 8.56. The maximum absolute atomic E-state index is 9.55. The first-order valence-electron chi connectivity index (χ1n) is 10.5. The van der Waals surface area contributed by atoms with Gasteiger partial charge >= 0.3 is 11.9 Å². The lowest BCUT2D eigenvalue weighted by Crippen LogP contribution is -2.38. The number of aliphatic carboxylic acids is 2. The molecule has 2 heterocycles. The van der Waals surface area contributed by atoms with Gasteiger partial charge < -0.3 is 19.7 Å². The van der Waals surface area contributed by atoms with Crippen LogP contribution in [0.5, 0.6) is 5.88 Å². The van der Waals surface area contributed by atoms with Crippen molar-refractivity contribution < 1.29 is 29.3 Å². The predicted molar refractivity (Wildman–Crippen MR) is 123 cm³/mol. The fourth-order valence-electron chi connectivity index (χ4n) is 3.33. The first kappa shape index (κ1) is 24.0. The van der Waals surface area contributed by atoms with E-state index in [2.05, 4.69) is 59.4 Å². The number of ether oxygens (including phenoxy) is 2. The zero-order chi connectivity index (χ0) is 23.6. The first-order valence-corrected chi connectivity index (χ1v) is 10.5. The van der Waals surface area contributed by atoms with Crippen molar-refractivity contribution in [1.82, 2.24) is 14.7 Å². The van der Waals surface area contributed by atoms with Gasteiger partial charge in [-0.1, -0.05) is 30.3 Å². The fourth-order valence-corrected chi connectivity index (χ4v) is 3.33. The van der Waals surface area contributed by atoms with Crippen molar-refractivity contribution in [3.05, 3.63) is 66.4 Å². The molecule has 0 aliphatic carbocycles. The minimum absolute atomic E-state index is 0.558. The van der Waals surface area contributed by atoms with Crippen molar-refractivity contribution in [2.75, 3.05) is 39.5 Å². The van der Waals surface area contributed by atoms with Crippen molar-refractivity contribution in [1.29, 1.82) is 0 Å². The minimum atomic E-state index is -1.26. The quantitative estimate of drug-likeness (QED) is 0.525. The van der Waals surface area contributed by atoms with E-state index in [1.807, 2.05) is 10.7 Å². The van der Waals surface area contributed by atoms with Gasteiger partial charge in [-0.3, -0.25) is 4.90 Å². The highest BCUT2D eigenvalue weighted by Crippen LogP contribution is 2.21. The van der Waals surface area contributed by atoms with Gasteiger partial charge in [0, 0.05) is 43.5 Å². The number of aromatic nitrogens is 2. The van der Waals surface area contributed by atoms with E-state index < -0.39 is 11.9 Å². The number of hydrogen-bond donors (Lipinski definition) is 2. The number of hydrogen-bond acceptors (Lipinski definition) is 6. The van der Waals surface area contributed by atoms with E-state index in [0.29, 0.717) is 24.6 Å². The van der Waals surface area contributed by atoms with Gasteiger partial charge in [-0.15, -0.1) is 5.10 Å². The van der Waals surface area contributed by atoms with Crippen molar-refractivity contribution in [2.45, 2.75) is 6.92 Å². The number of nitrogens with zero attached hydrogens (tertiary/aromatic N) is 3. The van der Waals surface area contributed by atoms with E-state index in [0.717, 1.165) is 44.2 Å². The van der Waals surface area contributed by atoms with Crippen LogP contribution in [0, 0.1) is 6.92 Å². The Morgan fingerprint density at radius 3 is 2.36 bits per heavy atom. The number of carboxylic acid groups (broad SMARTS) is 2. The minimum Gasteiger partial charge on any atom is -0.478 e. The second kappa shape index (κ2) is 11.8. The van der Waals surface area contributed by atoms with Gasteiger partial charge in [0.2, 0.25) is 5.88 Å². The normalized spacial score (nSPS) is 14.1. The Bertz CT molecular complexity index is 1100. The molecule has 0 spiro atoms. The highest BCUT2D eigenvalue weighted by atomic mass is 16.5. The Hall–Kier alpha value is -3.69. The maximum Gasteiger partial charge on any atom is 0.328 e. The number of aryl methyl sites for hydroxylation is 1. The molecular weight excluding hydrogens is 426 g/mol. The molecule has 2 aromatic carbocycles. The molecule has 4 rings (SSSR count). The van der Waals surface area contributed by atoms with Gasteiger partial charge in [0.25, 0.3) is 0 Å². The third-order valence-corrected chi connectivity index (χ3v) is 4.97. The van der Waals surface area contributed by atoms with Gasteiger partial charge in [-0.25, -0.2) is 14.3 Å². The molecule has 0 atom stereocenters. The van der Waals surface area contributed by atoms with Crippen LogP contribution in [0.3, 0.4) is 0 Å². The molecule has 0 bridgehead atoms. The molecule has 174 valence electrons. The van der Waals surface area contributed by atoms with Crippen molar-refractivity contribution in [3.63, 3.8) is 0 Å². The molecular formula is C24H27N3O6. The van der Waals surface area contributed by atoms with Gasteiger partial charge in [0.1, 0.15) is 6.61 Å². The molecule has 0 saturated carbocycles. The molecule has 9 heteroatoms. The maximum atomic E-state index is 9.55. The van der Waals surface area contributed by atoms with Crippen LogP contribution in [0.1, 0.15) is 5.69 Å². The summed E-state index contributed by atoms with van der Waals surface area (Å²) in [6.45, 7) is 7.20.